The third-order valence-electron chi connectivity index (χ3n) is 4.84. The highest BCUT2D eigenvalue weighted by atomic mass is 16.5. The van der Waals surface area contributed by atoms with Crippen LogP contribution >= 0.6 is 0 Å². The number of nitrogens with zero attached hydrogens (tertiary/aromatic N) is 2. The molecule has 1 aromatic carbocycles. The molecular formula is C19H32N2O3. The smallest absolute Gasteiger partial charge is 0.122 e. The van der Waals surface area contributed by atoms with Crippen LogP contribution in [0.25, 0.3) is 0 Å². The van der Waals surface area contributed by atoms with Crippen LogP contribution in [0.5, 0.6) is 5.75 Å². The third-order valence-corrected chi connectivity index (χ3v) is 4.84. The summed E-state index contributed by atoms with van der Waals surface area (Å²) in [6.45, 7) is 10.1. The number of β-amino-alcohol motifs (C(OH)–C–C–N with tert-alkyl or cyclic N) is 2. The van der Waals surface area contributed by atoms with Crippen LogP contribution in [0, 0.1) is 0 Å². The normalized spacial score (nSPS) is 19.2. The fraction of sp³-hybridized carbons (Fsp3) is 0.684. The number of benzene rings is 1. The minimum Gasteiger partial charge on any atom is -0.491 e. The minimum atomic E-state index is -0.487. The van der Waals surface area contributed by atoms with Crippen molar-refractivity contribution in [1.82, 2.24) is 9.80 Å². The number of ether oxygens (including phenoxy) is 1. The predicted molar refractivity (Wildman–Crippen MR) is 96.6 cm³/mol. The average Bonchev–Trinajstić information content (AvgIpc) is 2.61. The molecule has 0 radical (unpaired) electrons. The van der Waals surface area contributed by atoms with Gasteiger partial charge >= 0.3 is 0 Å². The Hall–Kier alpha value is -1.14. The van der Waals surface area contributed by atoms with Gasteiger partial charge in [0.25, 0.3) is 0 Å². The fourth-order valence-corrected chi connectivity index (χ4v) is 3.11. The maximum absolute atomic E-state index is 10.3. The predicted octanol–water partition coefficient (Wildman–Crippen LogP) is 1.55. The molecule has 1 aromatic rings. The Morgan fingerprint density at radius 3 is 2.46 bits per heavy atom. The van der Waals surface area contributed by atoms with Crippen molar-refractivity contribution in [3.8, 4) is 5.75 Å². The van der Waals surface area contributed by atoms with Gasteiger partial charge in [-0.25, -0.2) is 0 Å². The highest BCUT2D eigenvalue weighted by Gasteiger charge is 2.19. The SMILES string of the molecule is CC[C@@H](C)c1ccccc1OC[C@@H](O)CN1CCN(CCO)CC1. The van der Waals surface area contributed by atoms with Crippen molar-refractivity contribution >= 4 is 0 Å². The van der Waals surface area contributed by atoms with Gasteiger partial charge in [-0.1, -0.05) is 32.0 Å². The second-order valence-corrected chi connectivity index (χ2v) is 6.68. The summed E-state index contributed by atoms with van der Waals surface area (Å²) in [6.07, 6.45) is 0.584. The first-order valence-corrected chi connectivity index (χ1v) is 9.09. The molecule has 0 bridgehead atoms. The van der Waals surface area contributed by atoms with E-state index in [1.165, 1.54) is 5.56 Å². The molecule has 0 unspecified atom stereocenters. The monoisotopic (exact) mass is 336 g/mol. The van der Waals surface area contributed by atoms with Crippen molar-refractivity contribution in [2.45, 2.75) is 32.3 Å². The molecule has 5 heteroatoms. The molecule has 2 rings (SSSR count). The summed E-state index contributed by atoms with van der Waals surface area (Å²) in [7, 11) is 0. The zero-order chi connectivity index (χ0) is 17.4. The molecule has 1 fully saturated rings. The van der Waals surface area contributed by atoms with Crippen molar-refractivity contribution in [2.75, 3.05) is 52.5 Å². The Balaban J connectivity index is 1.77. The number of hydrogen-bond acceptors (Lipinski definition) is 5. The van der Waals surface area contributed by atoms with Crippen molar-refractivity contribution in [1.29, 1.82) is 0 Å². The zero-order valence-electron chi connectivity index (χ0n) is 15.0. The Labute approximate surface area is 145 Å². The van der Waals surface area contributed by atoms with Crippen LogP contribution in [-0.2, 0) is 0 Å². The Morgan fingerprint density at radius 1 is 1.12 bits per heavy atom. The quantitative estimate of drug-likeness (QED) is 0.717. The molecule has 0 saturated carbocycles. The molecule has 0 aromatic heterocycles. The van der Waals surface area contributed by atoms with Crippen LogP contribution in [0.1, 0.15) is 31.7 Å². The van der Waals surface area contributed by atoms with E-state index in [4.69, 9.17) is 9.84 Å². The summed E-state index contributed by atoms with van der Waals surface area (Å²) in [6, 6.07) is 8.11. The van der Waals surface area contributed by atoms with E-state index in [1.54, 1.807) is 0 Å². The second kappa shape index (κ2) is 9.99. The lowest BCUT2D eigenvalue weighted by Crippen LogP contribution is -2.49. The average molecular weight is 336 g/mol. The van der Waals surface area contributed by atoms with E-state index < -0.39 is 6.10 Å². The van der Waals surface area contributed by atoms with Crippen molar-refractivity contribution < 1.29 is 14.9 Å². The number of aliphatic hydroxyl groups excluding tert-OH is 2. The van der Waals surface area contributed by atoms with E-state index in [9.17, 15) is 5.11 Å². The van der Waals surface area contributed by atoms with Crippen LogP contribution in [0.3, 0.4) is 0 Å². The molecule has 1 aliphatic rings. The standard InChI is InChI=1S/C19H32N2O3/c1-3-16(2)18-6-4-5-7-19(18)24-15-17(23)14-21-10-8-20(9-11-21)12-13-22/h4-7,16-17,22-23H,3,8-15H2,1-2H3/t16-,17+/m1/s1. The van der Waals surface area contributed by atoms with Crippen LogP contribution in [0.4, 0.5) is 0 Å². The summed E-state index contributed by atoms with van der Waals surface area (Å²) in [5.41, 5.74) is 1.21. The van der Waals surface area contributed by atoms with Gasteiger partial charge in [0.15, 0.2) is 0 Å². The Kier molecular flexibility index (Phi) is 7.99. The number of rotatable bonds is 9. The maximum atomic E-state index is 10.3. The van der Waals surface area contributed by atoms with Crippen molar-refractivity contribution in [3.05, 3.63) is 29.8 Å². The number of aliphatic hydroxyl groups is 2. The summed E-state index contributed by atoms with van der Waals surface area (Å²) in [5.74, 6) is 1.34. The second-order valence-electron chi connectivity index (χ2n) is 6.68. The van der Waals surface area contributed by atoms with Gasteiger partial charge in [0, 0.05) is 39.3 Å². The number of para-hydroxylation sites is 1. The van der Waals surface area contributed by atoms with E-state index in [1.807, 2.05) is 18.2 Å². The first-order valence-electron chi connectivity index (χ1n) is 9.09. The fourth-order valence-electron chi connectivity index (χ4n) is 3.11. The van der Waals surface area contributed by atoms with E-state index >= 15 is 0 Å². The number of hydrogen-bond donors (Lipinski definition) is 2. The molecule has 2 atom stereocenters. The molecule has 2 N–H and O–H groups in total. The molecule has 0 aliphatic carbocycles. The van der Waals surface area contributed by atoms with E-state index in [2.05, 4.69) is 29.7 Å². The van der Waals surface area contributed by atoms with Crippen LogP contribution in [0.2, 0.25) is 0 Å². The Morgan fingerprint density at radius 2 is 1.79 bits per heavy atom. The summed E-state index contributed by atoms with van der Waals surface area (Å²) < 4.78 is 5.90. The van der Waals surface area contributed by atoms with Gasteiger partial charge < -0.3 is 14.9 Å². The van der Waals surface area contributed by atoms with Crippen LogP contribution in [-0.4, -0.2) is 78.6 Å². The lowest BCUT2D eigenvalue weighted by atomic mass is 9.98. The van der Waals surface area contributed by atoms with E-state index in [-0.39, 0.29) is 6.61 Å². The zero-order valence-corrected chi connectivity index (χ0v) is 15.0. The molecule has 5 nitrogen and oxygen atoms in total. The molecule has 1 saturated heterocycles. The van der Waals surface area contributed by atoms with Crippen LogP contribution in [0.15, 0.2) is 24.3 Å². The van der Waals surface area contributed by atoms with Gasteiger partial charge in [0.2, 0.25) is 0 Å². The molecule has 0 spiro atoms. The van der Waals surface area contributed by atoms with Gasteiger partial charge in [-0.3, -0.25) is 9.80 Å². The molecule has 1 aliphatic heterocycles. The van der Waals surface area contributed by atoms with Gasteiger partial charge in [-0.15, -0.1) is 0 Å². The van der Waals surface area contributed by atoms with Crippen molar-refractivity contribution in [2.24, 2.45) is 0 Å². The van der Waals surface area contributed by atoms with Crippen LogP contribution < -0.4 is 4.74 Å². The van der Waals surface area contributed by atoms with Gasteiger partial charge in [0.05, 0.1) is 6.61 Å². The summed E-state index contributed by atoms with van der Waals surface area (Å²) in [4.78, 5) is 4.52. The Bertz CT molecular complexity index is 475. The lowest BCUT2D eigenvalue weighted by Gasteiger charge is -2.35. The van der Waals surface area contributed by atoms with Crippen molar-refractivity contribution in [3.63, 3.8) is 0 Å². The highest BCUT2D eigenvalue weighted by Crippen LogP contribution is 2.28. The third kappa shape index (κ3) is 5.74. The van der Waals surface area contributed by atoms with Gasteiger partial charge in [0.1, 0.15) is 18.5 Å². The minimum absolute atomic E-state index is 0.214. The molecule has 136 valence electrons. The van der Waals surface area contributed by atoms with Gasteiger partial charge in [-0.05, 0) is 24.0 Å². The number of piperazine rings is 1. The first kappa shape index (κ1) is 19.2. The molecule has 1 heterocycles. The maximum Gasteiger partial charge on any atom is 0.122 e. The molecular weight excluding hydrogens is 304 g/mol. The largest absolute Gasteiger partial charge is 0.491 e. The van der Waals surface area contributed by atoms with Gasteiger partial charge in [-0.2, -0.15) is 0 Å². The highest BCUT2D eigenvalue weighted by molar-refractivity contribution is 5.35. The summed E-state index contributed by atoms with van der Waals surface area (Å²) >= 11 is 0. The van der Waals surface area contributed by atoms with E-state index in [0.717, 1.165) is 44.9 Å². The first-order chi connectivity index (χ1) is 11.6. The lowest BCUT2D eigenvalue weighted by molar-refractivity contribution is 0.0426. The topological polar surface area (TPSA) is 56.2 Å². The molecule has 24 heavy (non-hydrogen) atoms. The van der Waals surface area contributed by atoms with E-state index in [0.29, 0.717) is 19.1 Å². The molecule has 0 amide bonds. The summed E-state index contributed by atoms with van der Waals surface area (Å²) in [5, 5.41) is 19.3.